The molecule has 0 bridgehead atoms. The molecule has 0 aliphatic carbocycles. The van der Waals surface area contributed by atoms with Crippen molar-refractivity contribution in [1.29, 1.82) is 0 Å². The standard InChI is InChI=1S/C14H14ClFN2O4S/c15-9-2-1-8(3-10(9)16)11(4-14(21)22)17-12(19)5-18-7-23-6-13(18)20/h1-3,11H,4-7H2,(H,17,19)(H,21,22). The Labute approximate surface area is 141 Å². The molecule has 0 spiro atoms. The number of carboxylic acids is 1. The van der Waals surface area contributed by atoms with Crippen LogP contribution in [-0.4, -0.2) is 46.0 Å². The lowest BCUT2D eigenvalue weighted by Crippen LogP contribution is -2.40. The van der Waals surface area contributed by atoms with E-state index in [9.17, 15) is 18.8 Å². The van der Waals surface area contributed by atoms with Crippen LogP contribution in [-0.2, 0) is 14.4 Å². The van der Waals surface area contributed by atoms with Gasteiger partial charge in [-0.25, -0.2) is 4.39 Å². The Hall–Kier alpha value is -1.80. The molecule has 1 aromatic carbocycles. The minimum atomic E-state index is -1.14. The van der Waals surface area contributed by atoms with Gasteiger partial charge in [-0.2, -0.15) is 0 Å². The molecule has 0 radical (unpaired) electrons. The zero-order chi connectivity index (χ0) is 17.0. The minimum Gasteiger partial charge on any atom is -0.481 e. The summed E-state index contributed by atoms with van der Waals surface area (Å²) in [5.74, 6) is -1.72. The summed E-state index contributed by atoms with van der Waals surface area (Å²) in [6.07, 6.45) is -0.407. The zero-order valence-electron chi connectivity index (χ0n) is 11.9. The molecule has 6 nitrogen and oxygen atoms in total. The smallest absolute Gasteiger partial charge is 0.305 e. The monoisotopic (exact) mass is 360 g/mol. The van der Waals surface area contributed by atoms with Crippen LogP contribution in [0.1, 0.15) is 18.0 Å². The van der Waals surface area contributed by atoms with Crippen LogP contribution in [0.5, 0.6) is 0 Å². The van der Waals surface area contributed by atoms with Crippen LogP contribution in [0.4, 0.5) is 4.39 Å². The average Bonchev–Trinajstić information content (AvgIpc) is 2.86. The number of aliphatic carboxylic acids is 1. The van der Waals surface area contributed by atoms with E-state index < -0.39 is 30.2 Å². The van der Waals surface area contributed by atoms with Gasteiger partial charge in [-0.1, -0.05) is 17.7 Å². The Morgan fingerprint density at radius 2 is 2.22 bits per heavy atom. The molecule has 1 aliphatic heterocycles. The number of thioether (sulfide) groups is 1. The van der Waals surface area contributed by atoms with E-state index in [4.69, 9.17) is 16.7 Å². The first-order chi connectivity index (χ1) is 10.9. The predicted octanol–water partition coefficient (Wildman–Crippen LogP) is 1.64. The highest BCUT2D eigenvalue weighted by molar-refractivity contribution is 8.00. The van der Waals surface area contributed by atoms with Gasteiger partial charge in [0.1, 0.15) is 12.4 Å². The van der Waals surface area contributed by atoms with Crippen molar-refractivity contribution in [2.75, 3.05) is 18.2 Å². The number of hydrogen-bond donors (Lipinski definition) is 2. The van der Waals surface area contributed by atoms with Crippen molar-refractivity contribution in [3.05, 3.63) is 34.6 Å². The van der Waals surface area contributed by atoms with Gasteiger partial charge in [-0.3, -0.25) is 14.4 Å². The highest BCUT2D eigenvalue weighted by atomic mass is 35.5. The molecule has 1 atom stereocenters. The van der Waals surface area contributed by atoms with Crippen molar-refractivity contribution < 1.29 is 23.9 Å². The average molecular weight is 361 g/mol. The first kappa shape index (κ1) is 17.6. The highest BCUT2D eigenvalue weighted by Crippen LogP contribution is 2.23. The molecule has 2 rings (SSSR count). The number of benzene rings is 1. The first-order valence-corrected chi connectivity index (χ1v) is 8.21. The lowest BCUT2D eigenvalue weighted by molar-refractivity contribution is -0.138. The second kappa shape index (κ2) is 7.65. The van der Waals surface area contributed by atoms with Crippen molar-refractivity contribution in [3.63, 3.8) is 0 Å². The number of carbonyl (C=O) groups excluding carboxylic acids is 2. The maximum absolute atomic E-state index is 13.5. The fraction of sp³-hybridized carbons (Fsp3) is 0.357. The normalized spacial score (nSPS) is 15.6. The maximum Gasteiger partial charge on any atom is 0.305 e. The van der Waals surface area contributed by atoms with E-state index in [-0.39, 0.29) is 17.5 Å². The topological polar surface area (TPSA) is 86.7 Å². The molecule has 1 aromatic rings. The summed E-state index contributed by atoms with van der Waals surface area (Å²) in [6, 6.07) is 2.94. The third-order valence-electron chi connectivity index (χ3n) is 3.22. The van der Waals surface area contributed by atoms with Crippen LogP contribution in [0.3, 0.4) is 0 Å². The van der Waals surface area contributed by atoms with Crippen molar-refractivity contribution in [2.45, 2.75) is 12.5 Å². The molecule has 2 amide bonds. The van der Waals surface area contributed by atoms with Crippen molar-refractivity contribution >= 4 is 41.1 Å². The third kappa shape index (κ3) is 4.84. The summed E-state index contributed by atoms with van der Waals surface area (Å²) in [6.45, 7) is -0.155. The van der Waals surface area contributed by atoms with Crippen LogP contribution < -0.4 is 5.32 Å². The summed E-state index contributed by atoms with van der Waals surface area (Å²) in [7, 11) is 0. The van der Waals surface area contributed by atoms with Gasteiger partial charge < -0.3 is 15.3 Å². The Bertz CT molecular complexity index is 643. The fourth-order valence-electron chi connectivity index (χ4n) is 2.11. The van der Waals surface area contributed by atoms with Gasteiger partial charge in [-0.15, -0.1) is 11.8 Å². The van der Waals surface area contributed by atoms with E-state index >= 15 is 0 Å². The van der Waals surface area contributed by atoms with E-state index in [1.807, 2.05) is 0 Å². The summed E-state index contributed by atoms with van der Waals surface area (Å²) in [4.78, 5) is 35.9. The van der Waals surface area contributed by atoms with Gasteiger partial charge in [0.2, 0.25) is 11.8 Å². The number of carbonyl (C=O) groups is 3. The van der Waals surface area contributed by atoms with Crippen LogP contribution in [0, 0.1) is 5.82 Å². The third-order valence-corrected chi connectivity index (χ3v) is 4.47. The van der Waals surface area contributed by atoms with E-state index in [1.54, 1.807) is 0 Å². The van der Waals surface area contributed by atoms with Gasteiger partial charge in [0.25, 0.3) is 0 Å². The largest absolute Gasteiger partial charge is 0.481 e. The Kier molecular flexibility index (Phi) is 5.84. The maximum atomic E-state index is 13.5. The van der Waals surface area contributed by atoms with Crippen molar-refractivity contribution in [1.82, 2.24) is 10.2 Å². The number of rotatable bonds is 6. The lowest BCUT2D eigenvalue weighted by atomic mass is 10.0. The van der Waals surface area contributed by atoms with Crippen LogP contribution in [0.15, 0.2) is 18.2 Å². The quantitative estimate of drug-likeness (QED) is 0.805. The number of carboxylic acid groups (broad SMARTS) is 1. The molecule has 2 N–H and O–H groups in total. The molecule has 1 fully saturated rings. The number of hydrogen-bond acceptors (Lipinski definition) is 4. The van der Waals surface area contributed by atoms with E-state index in [1.165, 1.54) is 28.8 Å². The lowest BCUT2D eigenvalue weighted by Gasteiger charge is -2.20. The SMILES string of the molecule is O=C(O)CC(NC(=O)CN1CSCC1=O)c1ccc(Cl)c(F)c1. The van der Waals surface area contributed by atoms with Crippen LogP contribution in [0.2, 0.25) is 5.02 Å². The summed E-state index contributed by atoms with van der Waals surface area (Å²) < 4.78 is 13.5. The zero-order valence-corrected chi connectivity index (χ0v) is 13.5. The van der Waals surface area contributed by atoms with Gasteiger partial charge >= 0.3 is 5.97 Å². The Morgan fingerprint density at radius 3 is 2.78 bits per heavy atom. The molecule has 0 aromatic heterocycles. The van der Waals surface area contributed by atoms with Gasteiger partial charge in [-0.05, 0) is 17.7 Å². The van der Waals surface area contributed by atoms with Crippen molar-refractivity contribution in [3.8, 4) is 0 Å². The van der Waals surface area contributed by atoms with E-state index in [0.29, 0.717) is 17.2 Å². The molecule has 9 heteroatoms. The number of nitrogens with zero attached hydrogens (tertiary/aromatic N) is 1. The Morgan fingerprint density at radius 1 is 1.48 bits per heavy atom. The van der Waals surface area contributed by atoms with Crippen molar-refractivity contribution in [2.24, 2.45) is 0 Å². The molecule has 1 aliphatic rings. The minimum absolute atomic E-state index is 0.0890. The van der Waals surface area contributed by atoms with Gasteiger partial charge in [0.15, 0.2) is 0 Å². The molecule has 1 unspecified atom stereocenters. The predicted molar refractivity (Wildman–Crippen MR) is 83.6 cm³/mol. The molecule has 124 valence electrons. The van der Waals surface area contributed by atoms with Gasteiger partial charge in [0.05, 0.1) is 29.1 Å². The molecular formula is C14H14ClFN2O4S. The molecule has 23 heavy (non-hydrogen) atoms. The number of nitrogens with one attached hydrogen (secondary N) is 1. The second-order valence-electron chi connectivity index (χ2n) is 4.96. The molecule has 1 heterocycles. The van der Waals surface area contributed by atoms with Gasteiger partial charge in [0, 0.05) is 0 Å². The second-order valence-corrected chi connectivity index (χ2v) is 6.32. The summed E-state index contributed by atoms with van der Waals surface area (Å²) in [5.41, 5.74) is 0.296. The molecule has 1 saturated heterocycles. The van der Waals surface area contributed by atoms with Crippen LogP contribution >= 0.6 is 23.4 Å². The summed E-state index contributed by atoms with van der Waals surface area (Å²) in [5, 5.41) is 11.4. The van der Waals surface area contributed by atoms with E-state index in [0.717, 1.165) is 6.07 Å². The first-order valence-electron chi connectivity index (χ1n) is 6.68. The molecule has 0 saturated carbocycles. The number of amides is 2. The van der Waals surface area contributed by atoms with Crippen LogP contribution in [0.25, 0.3) is 0 Å². The summed E-state index contributed by atoms with van der Waals surface area (Å²) >= 11 is 7.00. The number of halogens is 2. The Balaban J connectivity index is 2.08. The van der Waals surface area contributed by atoms with E-state index in [2.05, 4.69) is 5.32 Å². The fourth-order valence-corrected chi connectivity index (χ4v) is 3.13. The highest BCUT2D eigenvalue weighted by Gasteiger charge is 2.25. The molecular weight excluding hydrogens is 347 g/mol.